The number of aromatic nitrogens is 2. The van der Waals surface area contributed by atoms with Crippen molar-refractivity contribution in [3.63, 3.8) is 0 Å². The summed E-state index contributed by atoms with van der Waals surface area (Å²) < 4.78 is 0. The van der Waals surface area contributed by atoms with Crippen molar-refractivity contribution in [2.75, 3.05) is 18.0 Å². The average Bonchev–Trinajstić information content (AvgIpc) is 2.38. The molecule has 2 aromatic heterocycles. The third-order valence-corrected chi connectivity index (χ3v) is 3.57. The van der Waals surface area contributed by atoms with Gasteiger partial charge in [-0.2, -0.15) is 0 Å². The lowest BCUT2D eigenvalue weighted by molar-refractivity contribution is 0.1000. The summed E-state index contributed by atoms with van der Waals surface area (Å²) in [5.74, 6) is 0.637. The molecule has 5 heteroatoms. The van der Waals surface area contributed by atoms with Crippen LogP contribution in [0.4, 0.5) is 5.82 Å². The molecule has 0 atom stereocenters. The minimum absolute atomic E-state index is 0.388. The number of nitrogens with zero attached hydrogens (tertiary/aromatic N) is 3. The van der Waals surface area contributed by atoms with Crippen LogP contribution in [0, 0.1) is 6.92 Å². The van der Waals surface area contributed by atoms with Crippen LogP contribution in [-0.4, -0.2) is 29.0 Å². The van der Waals surface area contributed by atoms with Crippen LogP contribution in [0.2, 0.25) is 0 Å². The number of pyridine rings is 2. The van der Waals surface area contributed by atoms with E-state index < -0.39 is 5.91 Å². The van der Waals surface area contributed by atoms with Crippen LogP contribution in [-0.2, 0) is 0 Å². The first-order valence-corrected chi connectivity index (χ1v) is 6.58. The quantitative estimate of drug-likeness (QED) is 0.915. The van der Waals surface area contributed by atoms with E-state index in [0.717, 1.165) is 24.5 Å². The molecule has 1 fully saturated rings. The van der Waals surface area contributed by atoms with Crippen LogP contribution in [0.15, 0.2) is 36.5 Å². The second-order valence-electron chi connectivity index (χ2n) is 5.04. The summed E-state index contributed by atoms with van der Waals surface area (Å²) in [5.41, 5.74) is 7.85. The van der Waals surface area contributed by atoms with E-state index in [0.29, 0.717) is 17.3 Å². The predicted octanol–water partition coefficient (Wildman–Crippen LogP) is 1.49. The minimum Gasteiger partial charge on any atom is -0.365 e. The molecule has 102 valence electrons. The Morgan fingerprint density at radius 1 is 1.30 bits per heavy atom. The molecular weight excluding hydrogens is 252 g/mol. The molecule has 0 bridgehead atoms. The number of rotatable bonds is 3. The predicted molar refractivity (Wildman–Crippen MR) is 76.7 cm³/mol. The van der Waals surface area contributed by atoms with Crippen LogP contribution in [0.1, 0.15) is 27.7 Å². The summed E-state index contributed by atoms with van der Waals surface area (Å²) >= 11 is 0. The molecule has 2 N–H and O–H groups in total. The summed E-state index contributed by atoms with van der Waals surface area (Å²) in [4.78, 5) is 22.4. The lowest BCUT2D eigenvalue weighted by atomic mass is 9.95. The van der Waals surface area contributed by atoms with Crippen LogP contribution >= 0.6 is 0 Å². The number of aryl methyl sites for hydroxylation is 1. The Labute approximate surface area is 117 Å². The smallest absolute Gasteiger partial charge is 0.252 e. The van der Waals surface area contributed by atoms with Gasteiger partial charge in [0.2, 0.25) is 0 Å². The van der Waals surface area contributed by atoms with Gasteiger partial charge in [-0.1, -0.05) is 6.07 Å². The maximum atomic E-state index is 11.5. The van der Waals surface area contributed by atoms with Crippen molar-refractivity contribution in [2.45, 2.75) is 12.8 Å². The molecule has 1 aliphatic heterocycles. The van der Waals surface area contributed by atoms with Crippen molar-refractivity contribution >= 4 is 11.7 Å². The first kappa shape index (κ1) is 12.6. The highest BCUT2D eigenvalue weighted by Gasteiger charge is 2.32. The van der Waals surface area contributed by atoms with Crippen molar-refractivity contribution in [2.24, 2.45) is 5.73 Å². The van der Waals surface area contributed by atoms with Gasteiger partial charge in [-0.25, -0.2) is 4.98 Å². The summed E-state index contributed by atoms with van der Waals surface area (Å²) in [5, 5.41) is 0. The fourth-order valence-corrected chi connectivity index (χ4v) is 2.43. The third-order valence-electron chi connectivity index (χ3n) is 3.57. The molecule has 0 aliphatic carbocycles. The van der Waals surface area contributed by atoms with E-state index in [9.17, 15) is 4.79 Å². The Morgan fingerprint density at radius 2 is 2.10 bits per heavy atom. The highest BCUT2D eigenvalue weighted by molar-refractivity contribution is 5.97. The fraction of sp³-hybridized carbons (Fsp3) is 0.267. The summed E-state index contributed by atoms with van der Waals surface area (Å²) in [7, 11) is 0. The van der Waals surface area contributed by atoms with Gasteiger partial charge in [0.25, 0.3) is 5.91 Å². The van der Waals surface area contributed by atoms with Gasteiger partial charge in [0, 0.05) is 36.6 Å². The summed E-state index contributed by atoms with van der Waals surface area (Å²) in [6.45, 7) is 3.53. The van der Waals surface area contributed by atoms with Gasteiger partial charge in [-0.05, 0) is 31.2 Å². The molecule has 1 aliphatic rings. The number of carbonyl (C=O) groups excluding carboxylic acids is 1. The van der Waals surface area contributed by atoms with Crippen molar-refractivity contribution in [3.05, 3.63) is 53.5 Å². The lowest BCUT2D eigenvalue weighted by Crippen LogP contribution is -2.46. The highest BCUT2D eigenvalue weighted by atomic mass is 16.1. The topological polar surface area (TPSA) is 72.1 Å². The first-order valence-electron chi connectivity index (χ1n) is 6.58. The van der Waals surface area contributed by atoms with E-state index in [4.69, 9.17) is 5.73 Å². The van der Waals surface area contributed by atoms with Gasteiger partial charge >= 0.3 is 0 Å². The van der Waals surface area contributed by atoms with Crippen LogP contribution in [0.3, 0.4) is 0 Å². The maximum absolute atomic E-state index is 11.5. The number of hydrogen-bond acceptors (Lipinski definition) is 4. The Kier molecular flexibility index (Phi) is 3.10. The second kappa shape index (κ2) is 4.92. The van der Waals surface area contributed by atoms with Crippen LogP contribution in [0.5, 0.6) is 0 Å². The fourth-order valence-electron chi connectivity index (χ4n) is 2.43. The van der Waals surface area contributed by atoms with Gasteiger partial charge < -0.3 is 10.6 Å². The van der Waals surface area contributed by atoms with Crippen LogP contribution in [0.25, 0.3) is 0 Å². The SMILES string of the molecule is Cc1ccc(C(N)=O)c(N2CC(c3ccccn3)C2)n1. The molecule has 0 spiro atoms. The molecule has 1 saturated heterocycles. The lowest BCUT2D eigenvalue weighted by Gasteiger charge is -2.40. The van der Waals surface area contributed by atoms with E-state index in [1.807, 2.05) is 25.1 Å². The second-order valence-corrected chi connectivity index (χ2v) is 5.04. The zero-order valence-corrected chi connectivity index (χ0v) is 11.3. The molecular formula is C15H16N4O. The standard InChI is InChI=1S/C15H16N4O/c1-10-5-6-12(14(16)20)15(18-10)19-8-11(9-19)13-4-2-3-7-17-13/h2-7,11H,8-9H2,1H3,(H2,16,20). The Bertz CT molecular complexity index is 636. The molecule has 5 nitrogen and oxygen atoms in total. The molecule has 0 unspecified atom stereocenters. The summed E-state index contributed by atoms with van der Waals surface area (Å²) in [6.07, 6.45) is 1.80. The molecule has 1 amide bonds. The molecule has 3 heterocycles. The molecule has 2 aromatic rings. The number of primary amides is 1. The average molecular weight is 268 g/mol. The van der Waals surface area contributed by atoms with Crippen molar-refractivity contribution in [1.82, 2.24) is 9.97 Å². The monoisotopic (exact) mass is 268 g/mol. The molecule has 3 rings (SSSR count). The number of nitrogens with two attached hydrogens (primary N) is 1. The van der Waals surface area contributed by atoms with Gasteiger partial charge in [0.1, 0.15) is 5.82 Å². The zero-order chi connectivity index (χ0) is 14.1. The molecule has 20 heavy (non-hydrogen) atoms. The largest absolute Gasteiger partial charge is 0.365 e. The Morgan fingerprint density at radius 3 is 2.75 bits per heavy atom. The van der Waals surface area contributed by atoms with Crippen molar-refractivity contribution in [3.8, 4) is 0 Å². The third kappa shape index (κ3) is 2.22. The van der Waals surface area contributed by atoms with E-state index >= 15 is 0 Å². The summed E-state index contributed by atoms with van der Waals surface area (Å²) in [6, 6.07) is 9.48. The Balaban J connectivity index is 1.80. The van der Waals surface area contributed by atoms with E-state index in [2.05, 4.69) is 14.9 Å². The number of carbonyl (C=O) groups is 1. The maximum Gasteiger partial charge on any atom is 0.252 e. The van der Waals surface area contributed by atoms with Gasteiger partial charge in [0.05, 0.1) is 5.56 Å². The number of hydrogen-bond donors (Lipinski definition) is 1. The molecule has 0 radical (unpaired) electrons. The highest BCUT2D eigenvalue weighted by Crippen LogP contribution is 2.31. The number of anilines is 1. The molecule has 0 saturated carbocycles. The first-order chi connectivity index (χ1) is 9.65. The molecule has 0 aromatic carbocycles. The minimum atomic E-state index is -0.436. The Hall–Kier alpha value is -2.43. The van der Waals surface area contributed by atoms with Gasteiger partial charge in [-0.15, -0.1) is 0 Å². The van der Waals surface area contributed by atoms with E-state index in [-0.39, 0.29) is 0 Å². The van der Waals surface area contributed by atoms with Crippen molar-refractivity contribution < 1.29 is 4.79 Å². The van der Waals surface area contributed by atoms with Gasteiger partial charge in [-0.3, -0.25) is 9.78 Å². The normalized spacial score (nSPS) is 14.9. The van der Waals surface area contributed by atoms with E-state index in [1.165, 1.54) is 0 Å². The van der Waals surface area contributed by atoms with E-state index in [1.54, 1.807) is 18.3 Å². The van der Waals surface area contributed by atoms with Crippen LogP contribution < -0.4 is 10.6 Å². The van der Waals surface area contributed by atoms with Crippen molar-refractivity contribution in [1.29, 1.82) is 0 Å². The van der Waals surface area contributed by atoms with Gasteiger partial charge in [0.15, 0.2) is 0 Å². The number of amides is 1. The zero-order valence-electron chi connectivity index (χ0n) is 11.3.